The van der Waals surface area contributed by atoms with Crippen molar-refractivity contribution in [3.05, 3.63) is 72.2 Å². The number of aromatic nitrogens is 4. The highest BCUT2D eigenvalue weighted by Crippen LogP contribution is 2.32. The first-order chi connectivity index (χ1) is 27.1. The molecule has 6 heterocycles. The van der Waals surface area contributed by atoms with E-state index in [1.165, 1.54) is 0 Å². The number of carbonyl (C=O) groups excluding carboxylic acids is 4. The summed E-state index contributed by atoms with van der Waals surface area (Å²) in [6.07, 6.45) is 1.87. The van der Waals surface area contributed by atoms with Gasteiger partial charge in [0.15, 0.2) is 0 Å². The normalized spacial score (nSPS) is 19.7. The number of piperazine rings is 2. The van der Waals surface area contributed by atoms with E-state index in [2.05, 4.69) is 51.7 Å². The van der Waals surface area contributed by atoms with Crippen molar-refractivity contribution in [2.24, 2.45) is 0 Å². The van der Waals surface area contributed by atoms with Gasteiger partial charge in [-0.1, -0.05) is 6.58 Å². The van der Waals surface area contributed by atoms with Gasteiger partial charge in [-0.15, -0.1) is 0 Å². The van der Waals surface area contributed by atoms with E-state index < -0.39 is 29.7 Å². The summed E-state index contributed by atoms with van der Waals surface area (Å²) in [6, 6.07) is 11.7. The second kappa shape index (κ2) is 15.7. The van der Waals surface area contributed by atoms with Gasteiger partial charge in [0.25, 0.3) is 11.8 Å². The molecule has 0 saturated carbocycles. The number of aromatic amines is 1. The highest BCUT2D eigenvalue weighted by molar-refractivity contribution is 6.23. The molecule has 8 rings (SSSR count). The maximum absolute atomic E-state index is 13.1. The highest BCUT2D eigenvalue weighted by atomic mass is 16.5. The average Bonchev–Trinajstić information content (AvgIpc) is 3.72. The Morgan fingerprint density at radius 2 is 1.62 bits per heavy atom. The lowest BCUT2D eigenvalue weighted by Crippen LogP contribution is -2.54. The molecule has 0 bridgehead atoms. The van der Waals surface area contributed by atoms with E-state index in [0.29, 0.717) is 18.9 Å². The minimum absolute atomic E-state index is 0.0730. The van der Waals surface area contributed by atoms with Crippen molar-refractivity contribution in [3.8, 4) is 22.9 Å². The lowest BCUT2D eigenvalue weighted by Gasteiger charge is -2.40. The number of benzene rings is 2. The van der Waals surface area contributed by atoms with Crippen LogP contribution in [0.3, 0.4) is 0 Å². The number of amides is 4. The van der Waals surface area contributed by atoms with E-state index in [1.807, 2.05) is 38.1 Å². The third-order valence-electron chi connectivity index (χ3n) is 10.8. The van der Waals surface area contributed by atoms with Crippen molar-refractivity contribution in [1.29, 1.82) is 0 Å². The maximum atomic E-state index is 13.1. The van der Waals surface area contributed by atoms with Gasteiger partial charge in [0.2, 0.25) is 11.8 Å². The first-order valence-electron chi connectivity index (χ1n) is 19.2. The summed E-state index contributed by atoms with van der Waals surface area (Å²) in [5.41, 5.74) is 3.95. The lowest BCUT2D eigenvalue weighted by molar-refractivity contribution is -0.136. The van der Waals surface area contributed by atoms with E-state index in [1.54, 1.807) is 24.5 Å². The molecule has 56 heavy (non-hydrogen) atoms. The molecular formula is C40H46N10O6. The Morgan fingerprint density at radius 3 is 2.39 bits per heavy atom. The summed E-state index contributed by atoms with van der Waals surface area (Å²) in [5.74, 6) is 0.0284. The number of hydrogen-bond acceptors (Lipinski definition) is 13. The second-order valence-electron chi connectivity index (χ2n) is 14.9. The largest absolute Gasteiger partial charge is 0.492 e. The highest BCUT2D eigenvalue weighted by Gasteiger charge is 2.44. The Bertz CT molecular complexity index is 2180. The summed E-state index contributed by atoms with van der Waals surface area (Å²) in [7, 11) is 0. The van der Waals surface area contributed by atoms with E-state index in [-0.39, 0.29) is 30.1 Å². The number of H-pyrrole nitrogens is 1. The third-order valence-corrected chi connectivity index (χ3v) is 10.8. The zero-order valence-electron chi connectivity index (χ0n) is 31.7. The number of fused-ring (bicyclic) bond motifs is 2. The molecule has 4 aromatic rings. The van der Waals surface area contributed by atoms with Crippen molar-refractivity contribution in [2.45, 2.75) is 38.8 Å². The van der Waals surface area contributed by atoms with E-state index >= 15 is 0 Å². The quantitative estimate of drug-likeness (QED) is 0.202. The van der Waals surface area contributed by atoms with Crippen LogP contribution >= 0.6 is 0 Å². The fourth-order valence-corrected chi connectivity index (χ4v) is 7.78. The van der Waals surface area contributed by atoms with Crippen molar-refractivity contribution in [2.75, 3.05) is 77.0 Å². The van der Waals surface area contributed by atoms with E-state index in [4.69, 9.17) is 9.47 Å². The number of imide groups is 2. The van der Waals surface area contributed by atoms with Crippen LogP contribution in [-0.4, -0.2) is 148 Å². The molecule has 16 nitrogen and oxygen atoms in total. The van der Waals surface area contributed by atoms with Gasteiger partial charge in [0, 0.05) is 82.5 Å². The second-order valence-corrected chi connectivity index (χ2v) is 14.9. The zero-order chi connectivity index (χ0) is 38.9. The Labute approximate surface area is 324 Å². The molecule has 3 saturated heterocycles. The van der Waals surface area contributed by atoms with Gasteiger partial charge in [-0.3, -0.25) is 44.3 Å². The predicted octanol–water partition coefficient (Wildman–Crippen LogP) is 2.54. The first kappa shape index (κ1) is 37.1. The molecule has 4 aliphatic heterocycles. The molecule has 16 heteroatoms. The Hall–Kier alpha value is -5.87. The summed E-state index contributed by atoms with van der Waals surface area (Å²) >= 11 is 0. The van der Waals surface area contributed by atoms with Gasteiger partial charge in [-0.25, -0.2) is 9.97 Å². The number of ether oxygens (including phenoxy) is 2. The summed E-state index contributed by atoms with van der Waals surface area (Å²) in [6.45, 7) is 17.6. The molecule has 1 atom stereocenters. The molecule has 3 fully saturated rings. The van der Waals surface area contributed by atoms with Crippen LogP contribution in [0.5, 0.6) is 11.5 Å². The number of nitrogens with one attached hydrogen (secondary N) is 2. The minimum atomic E-state index is -0.993. The van der Waals surface area contributed by atoms with Crippen LogP contribution in [0.25, 0.3) is 22.3 Å². The molecule has 292 valence electrons. The number of nitrogens with zero attached hydrogens (tertiary/aromatic N) is 8. The average molecular weight is 763 g/mol. The third kappa shape index (κ3) is 7.66. The molecule has 1 unspecified atom stereocenters. The van der Waals surface area contributed by atoms with Crippen molar-refractivity contribution in [3.63, 3.8) is 0 Å². The summed E-state index contributed by atoms with van der Waals surface area (Å²) in [5, 5.41) is 10.8. The van der Waals surface area contributed by atoms with Crippen molar-refractivity contribution < 1.29 is 28.7 Å². The monoisotopic (exact) mass is 762 g/mol. The maximum Gasteiger partial charge on any atom is 0.262 e. The topological polar surface area (TPSA) is 169 Å². The van der Waals surface area contributed by atoms with Gasteiger partial charge in [0.05, 0.1) is 35.0 Å². The van der Waals surface area contributed by atoms with Crippen LogP contribution in [0.1, 0.15) is 47.4 Å². The fraction of sp³-hybridized carbons (Fsp3) is 0.425. The lowest BCUT2D eigenvalue weighted by atomic mass is 10.0. The number of piperidine rings is 1. The molecule has 2 aromatic carbocycles. The first-order valence-corrected chi connectivity index (χ1v) is 19.2. The fourth-order valence-electron chi connectivity index (χ4n) is 7.78. The van der Waals surface area contributed by atoms with Crippen molar-refractivity contribution >= 4 is 40.3 Å². The predicted molar refractivity (Wildman–Crippen MR) is 207 cm³/mol. The van der Waals surface area contributed by atoms with Crippen LogP contribution in [0.15, 0.2) is 61.1 Å². The SMILES string of the molecule is C=C1CN(c2cc(-c3n[nH]c4ccc(OC(C)C)cc34)ncn2)CCN1CCN1CCN(CCOc2ccc3c(c2)C(=O)N(C2CCC(=O)NC2=O)C3=O)CC1. The van der Waals surface area contributed by atoms with Crippen LogP contribution in [0.2, 0.25) is 0 Å². The van der Waals surface area contributed by atoms with Gasteiger partial charge in [-0.05, 0) is 56.7 Å². The van der Waals surface area contributed by atoms with Gasteiger partial charge >= 0.3 is 0 Å². The molecule has 2 aromatic heterocycles. The molecule has 0 spiro atoms. The molecule has 4 aliphatic rings. The van der Waals surface area contributed by atoms with Crippen LogP contribution < -0.4 is 19.7 Å². The van der Waals surface area contributed by atoms with E-state index in [9.17, 15) is 19.2 Å². The Kier molecular flexibility index (Phi) is 10.4. The summed E-state index contributed by atoms with van der Waals surface area (Å²) < 4.78 is 11.9. The number of anilines is 1. The minimum Gasteiger partial charge on any atom is -0.492 e. The number of rotatable bonds is 12. The van der Waals surface area contributed by atoms with Gasteiger partial charge in [-0.2, -0.15) is 5.10 Å². The molecule has 0 radical (unpaired) electrons. The Balaban J connectivity index is 0.771. The molecule has 0 aliphatic carbocycles. The number of hydrogen-bond donors (Lipinski definition) is 2. The smallest absolute Gasteiger partial charge is 0.262 e. The van der Waals surface area contributed by atoms with Gasteiger partial charge in [0.1, 0.15) is 42.0 Å². The van der Waals surface area contributed by atoms with E-state index in [0.717, 1.165) is 103 Å². The zero-order valence-corrected chi connectivity index (χ0v) is 31.7. The standard InChI is InChI=1S/C40H46N10O6/c1-25(2)56-28-5-7-32-31(21-28)37(45-44-32)33-22-35(42-24-41-33)49-17-16-48(26(3)23-49)15-14-46-10-12-47(13-11-46)18-19-55-27-4-6-29-30(20-27)40(54)50(39(29)53)34-8-9-36(51)43-38(34)52/h4-7,20-22,24-25,34H,3,8-19,23H2,1-2H3,(H,44,45)(H,43,51,52). The van der Waals surface area contributed by atoms with Gasteiger partial charge < -0.3 is 19.3 Å². The van der Waals surface area contributed by atoms with Crippen molar-refractivity contribution in [1.82, 2.24) is 45.1 Å². The molecule has 2 N–H and O–H groups in total. The number of carbonyl (C=O) groups is 4. The molecule has 4 amide bonds. The van der Waals surface area contributed by atoms with Crippen LogP contribution in [0.4, 0.5) is 5.82 Å². The Morgan fingerprint density at radius 1 is 0.857 bits per heavy atom. The summed E-state index contributed by atoms with van der Waals surface area (Å²) in [4.78, 5) is 69.6. The van der Waals surface area contributed by atoms with Crippen LogP contribution in [0, 0.1) is 0 Å². The van der Waals surface area contributed by atoms with Crippen LogP contribution in [-0.2, 0) is 9.59 Å². The molecular weight excluding hydrogens is 717 g/mol.